The number of nitrogens with one attached hydrogen (secondary N) is 1. The Morgan fingerprint density at radius 1 is 1.33 bits per heavy atom. The molecule has 1 aromatic heterocycles. The maximum Gasteiger partial charge on any atom is 0.228 e. The van der Waals surface area contributed by atoms with Crippen LogP contribution >= 0.6 is 22.9 Å². The van der Waals surface area contributed by atoms with Gasteiger partial charge in [0.25, 0.3) is 0 Å². The van der Waals surface area contributed by atoms with E-state index in [1.807, 2.05) is 32.0 Å². The van der Waals surface area contributed by atoms with Crippen LogP contribution in [0.1, 0.15) is 13.8 Å². The van der Waals surface area contributed by atoms with Crippen LogP contribution in [0.15, 0.2) is 24.3 Å². The van der Waals surface area contributed by atoms with Crippen molar-refractivity contribution >= 4 is 34.0 Å². The topological polar surface area (TPSA) is 54.9 Å². The lowest BCUT2D eigenvalue weighted by atomic mass is 10.2. The molecule has 0 unspecified atom stereocenters. The third kappa shape index (κ3) is 2.86. The number of amides is 1. The number of nitrogens with zero attached hydrogens (tertiary/aromatic N) is 2. The van der Waals surface area contributed by atoms with Gasteiger partial charge in [-0.3, -0.25) is 4.79 Å². The van der Waals surface area contributed by atoms with Crippen molar-refractivity contribution in [1.29, 1.82) is 0 Å². The van der Waals surface area contributed by atoms with Gasteiger partial charge in [-0.15, -0.1) is 10.2 Å². The quantitative estimate of drug-likeness (QED) is 0.937. The third-order valence-corrected chi connectivity index (χ3v) is 3.49. The Labute approximate surface area is 114 Å². The Morgan fingerprint density at radius 2 is 2.06 bits per heavy atom. The Bertz CT molecular complexity index is 568. The molecule has 1 amide bonds. The Kier molecular flexibility index (Phi) is 3.93. The molecule has 18 heavy (non-hydrogen) atoms. The Balaban J connectivity index is 2.21. The summed E-state index contributed by atoms with van der Waals surface area (Å²) in [5, 5.41) is 12.5. The van der Waals surface area contributed by atoms with E-state index in [0.717, 1.165) is 5.56 Å². The molecule has 6 heteroatoms. The van der Waals surface area contributed by atoms with Gasteiger partial charge in [0.05, 0.1) is 5.02 Å². The molecule has 0 radical (unpaired) electrons. The summed E-state index contributed by atoms with van der Waals surface area (Å²) < 4.78 is 0. The fourth-order valence-corrected chi connectivity index (χ4v) is 2.33. The van der Waals surface area contributed by atoms with Crippen LogP contribution in [0, 0.1) is 5.92 Å². The molecule has 0 fully saturated rings. The molecule has 0 spiro atoms. The maximum atomic E-state index is 11.5. The van der Waals surface area contributed by atoms with E-state index in [1.165, 1.54) is 11.3 Å². The predicted octanol–water partition coefficient (Wildman–Crippen LogP) is 3.45. The van der Waals surface area contributed by atoms with Gasteiger partial charge in [0.15, 0.2) is 5.01 Å². The first-order chi connectivity index (χ1) is 8.58. The zero-order valence-corrected chi connectivity index (χ0v) is 11.5. The molecule has 2 aromatic rings. The monoisotopic (exact) mass is 281 g/mol. The van der Waals surface area contributed by atoms with E-state index in [-0.39, 0.29) is 11.8 Å². The molecule has 1 aromatic carbocycles. The SMILES string of the molecule is CC(C)C(=O)Nc1nnc(-c2ccccc2Cl)s1. The summed E-state index contributed by atoms with van der Waals surface area (Å²) in [4.78, 5) is 11.5. The van der Waals surface area contributed by atoms with Crippen molar-refractivity contribution in [2.75, 3.05) is 5.32 Å². The maximum absolute atomic E-state index is 11.5. The van der Waals surface area contributed by atoms with Crippen molar-refractivity contribution in [3.63, 3.8) is 0 Å². The summed E-state index contributed by atoms with van der Waals surface area (Å²) in [5.41, 5.74) is 0.821. The van der Waals surface area contributed by atoms with Crippen molar-refractivity contribution < 1.29 is 4.79 Å². The molecule has 0 aliphatic rings. The van der Waals surface area contributed by atoms with Crippen molar-refractivity contribution in [3.05, 3.63) is 29.3 Å². The third-order valence-electron chi connectivity index (χ3n) is 2.28. The molecule has 0 aliphatic heterocycles. The van der Waals surface area contributed by atoms with Gasteiger partial charge in [0.2, 0.25) is 11.0 Å². The van der Waals surface area contributed by atoms with E-state index in [1.54, 1.807) is 6.07 Å². The van der Waals surface area contributed by atoms with Crippen molar-refractivity contribution in [1.82, 2.24) is 10.2 Å². The van der Waals surface area contributed by atoms with Gasteiger partial charge in [0, 0.05) is 11.5 Å². The van der Waals surface area contributed by atoms with Gasteiger partial charge in [-0.2, -0.15) is 0 Å². The van der Waals surface area contributed by atoms with Crippen LogP contribution in [-0.2, 0) is 4.79 Å². The van der Waals surface area contributed by atoms with Gasteiger partial charge >= 0.3 is 0 Å². The fraction of sp³-hybridized carbons (Fsp3) is 0.250. The molecule has 2 rings (SSSR count). The first-order valence-corrected chi connectivity index (χ1v) is 6.66. The molecule has 1 heterocycles. The van der Waals surface area contributed by atoms with Crippen LogP contribution in [0.4, 0.5) is 5.13 Å². The molecular formula is C12H12ClN3OS. The van der Waals surface area contributed by atoms with E-state index < -0.39 is 0 Å². The number of rotatable bonds is 3. The first kappa shape index (κ1) is 13.0. The minimum absolute atomic E-state index is 0.0724. The van der Waals surface area contributed by atoms with Crippen molar-refractivity contribution in [2.45, 2.75) is 13.8 Å². The summed E-state index contributed by atoms with van der Waals surface area (Å²) in [7, 11) is 0. The summed E-state index contributed by atoms with van der Waals surface area (Å²) in [6.45, 7) is 3.65. The highest BCUT2D eigenvalue weighted by atomic mass is 35.5. The zero-order chi connectivity index (χ0) is 13.1. The number of halogens is 1. The number of hydrogen-bond donors (Lipinski definition) is 1. The molecule has 0 saturated heterocycles. The first-order valence-electron chi connectivity index (χ1n) is 5.47. The zero-order valence-electron chi connectivity index (χ0n) is 9.98. The van der Waals surface area contributed by atoms with Crippen LogP contribution in [0.3, 0.4) is 0 Å². The summed E-state index contributed by atoms with van der Waals surface area (Å²) >= 11 is 7.38. The highest BCUT2D eigenvalue weighted by Gasteiger charge is 2.13. The van der Waals surface area contributed by atoms with E-state index in [0.29, 0.717) is 15.2 Å². The molecule has 0 atom stereocenters. The van der Waals surface area contributed by atoms with Gasteiger partial charge in [-0.05, 0) is 6.07 Å². The minimum atomic E-state index is -0.0855. The lowest BCUT2D eigenvalue weighted by molar-refractivity contribution is -0.118. The highest BCUT2D eigenvalue weighted by Crippen LogP contribution is 2.31. The number of anilines is 1. The van der Waals surface area contributed by atoms with Gasteiger partial charge in [-0.25, -0.2) is 0 Å². The number of carbonyl (C=O) groups excluding carboxylic acids is 1. The second kappa shape index (κ2) is 5.46. The molecule has 0 saturated carbocycles. The number of carbonyl (C=O) groups is 1. The minimum Gasteiger partial charge on any atom is -0.300 e. The standard InChI is InChI=1S/C12H12ClN3OS/c1-7(2)10(17)14-12-16-15-11(18-12)8-5-3-4-6-9(8)13/h3-7H,1-2H3,(H,14,16,17). The van der Waals surface area contributed by atoms with E-state index >= 15 is 0 Å². The molecule has 4 nitrogen and oxygen atoms in total. The summed E-state index contributed by atoms with van der Waals surface area (Å²) in [6.07, 6.45) is 0. The number of benzene rings is 1. The smallest absolute Gasteiger partial charge is 0.228 e. The van der Waals surface area contributed by atoms with Crippen molar-refractivity contribution in [2.24, 2.45) is 5.92 Å². The number of aromatic nitrogens is 2. The van der Waals surface area contributed by atoms with Gasteiger partial charge in [0.1, 0.15) is 0 Å². The molecule has 1 N–H and O–H groups in total. The lowest BCUT2D eigenvalue weighted by Gasteiger charge is -2.02. The second-order valence-electron chi connectivity index (χ2n) is 4.04. The van der Waals surface area contributed by atoms with E-state index in [4.69, 9.17) is 11.6 Å². The molecule has 94 valence electrons. The highest BCUT2D eigenvalue weighted by molar-refractivity contribution is 7.18. The van der Waals surface area contributed by atoms with Gasteiger partial charge in [-0.1, -0.05) is 55.0 Å². The predicted molar refractivity (Wildman–Crippen MR) is 73.8 cm³/mol. The van der Waals surface area contributed by atoms with Crippen LogP contribution in [-0.4, -0.2) is 16.1 Å². The normalized spacial score (nSPS) is 10.7. The van der Waals surface area contributed by atoms with Crippen LogP contribution < -0.4 is 5.32 Å². The summed E-state index contributed by atoms with van der Waals surface area (Å²) in [5.74, 6) is -0.158. The van der Waals surface area contributed by atoms with E-state index in [9.17, 15) is 4.79 Å². The molecule has 0 aliphatic carbocycles. The largest absolute Gasteiger partial charge is 0.300 e. The number of hydrogen-bond acceptors (Lipinski definition) is 4. The lowest BCUT2D eigenvalue weighted by Crippen LogP contribution is -2.17. The summed E-state index contributed by atoms with van der Waals surface area (Å²) in [6, 6.07) is 7.41. The molecule has 0 bridgehead atoms. The van der Waals surface area contributed by atoms with E-state index in [2.05, 4.69) is 15.5 Å². The average molecular weight is 282 g/mol. The second-order valence-corrected chi connectivity index (χ2v) is 5.42. The van der Waals surface area contributed by atoms with Crippen LogP contribution in [0.5, 0.6) is 0 Å². The Hall–Kier alpha value is -1.46. The molecular weight excluding hydrogens is 270 g/mol. The van der Waals surface area contributed by atoms with Crippen molar-refractivity contribution in [3.8, 4) is 10.6 Å². The van der Waals surface area contributed by atoms with Gasteiger partial charge < -0.3 is 5.32 Å². The average Bonchev–Trinajstić information content (AvgIpc) is 2.77. The van der Waals surface area contributed by atoms with Crippen LogP contribution in [0.25, 0.3) is 10.6 Å². The van der Waals surface area contributed by atoms with Crippen LogP contribution in [0.2, 0.25) is 5.02 Å². The Morgan fingerprint density at radius 3 is 2.72 bits per heavy atom. The fourth-order valence-electron chi connectivity index (χ4n) is 1.27.